The van der Waals surface area contributed by atoms with Crippen molar-refractivity contribution in [1.82, 2.24) is 25.4 Å². The number of guanidine groups is 1. The lowest BCUT2D eigenvalue weighted by molar-refractivity contribution is 0.501. The molecule has 20 heavy (non-hydrogen) atoms. The maximum atomic E-state index is 5.27. The molecule has 3 rings (SSSR count). The van der Waals surface area contributed by atoms with Gasteiger partial charge in [-0.15, -0.1) is 10.2 Å². The molecule has 3 heterocycles. The minimum Gasteiger partial charge on any atom is -0.467 e. The first kappa shape index (κ1) is 12.7. The Morgan fingerprint density at radius 1 is 1.40 bits per heavy atom. The second-order valence-electron chi connectivity index (χ2n) is 4.65. The average Bonchev–Trinajstić information content (AvgIpc) is 3.17. The Hall–Kier alpha value is -2.31. The van der Waals surface area contributed by atoms with Crippen molar-refractivity contribution in [2.45, 2.75) is 32.5 Å². The van der Waals surface area contributed by atoms with E-state index < -0.39 is 0 Å². The van der Waals surface area contributed by atoms with E-state index in [1.807, 2.05) is 12.1 Å². The Kier molecular flexibility index (Phi) is 3.67. The van der Waals surface area contributed by atoms with Crippen molar-refractivity contribution in [3.05, 3.63) is 35.8 Å². The van der Waals surface area contributed by atoms with Crippen LogP contribution in [-0.2, 0) is 26.1 Å². The molecule has 0 amide bonds. The van der Waals surface area contributed by atoms with Gasteiger partial charge < -0.3 is 19.6 Å². The van der Waals surface area contributed by atoms with E-state index in [-0.39, 0.29) is 0 Å². The fourth-order valence-corrected chi connectivity index (χ4v) is 2.31. The van der Waals surface area contributed by atoms with Gasteiger partial charge in [0.05, 0.1) is 19.4 Å². The molecule has 7 heteroatoms. The zero-order valence-corrected chi connectivity index (χ0v) is 11.5. The van der Waals surface area contributed by atoms with Gasteiger partial charge >= 0.3 is 0 Å². The molecule has 0 atom stereocenters. The maximum absolute atomic E-state index is 5.27. The Morgan fingerprint density at radius 2 is 2.30 bits per heavy atom. The molecule has 2 aromatic heterocycles. The minimum absolute atomic E-state index is 0.602. The van der Waals surface area contributed by atoms with Crippen LogP contribution < -0.4 is 10.6 Å². The topological polar surface area (TPSA) is 80.3 Å². The second-order valence-corrected chi connectivity index (χ2v) is 4.65. The van der Waals surface area contributed by atoms with Gasteiger partial charge in [-0.25, -0.2) is 0 Å². The largest absolute Gasteiger partial charge is 0.467 e. The quantitative estimate of drug-likeness (QED) is 0.633. The number of aliphatic imine (C=N–C) groups is 1. The van der Waals surface area contributed by atoms with Gasteiger partial charge in [0.15, 0.2) is 11.8 Å². The number of aromatic nitrogens is 3. The summed E-state index contributed by atoms with van der Waals surface area (Å²) in [4.78, 5) is 4.18. The van der Waals surface area contributed by atoms with Crippen molar-refractivity contribution in [1.29, 1.82) is 0 Å². The molecule has 2 N–H and O–H groups in total. The van der Waals surface area contributed by atoms with Crippen LogP contribution in [0.1, 0.15) is 23.8 Å². The Bertz CT molecular complexity index is 586. The summed E-state index contributed by atoms with van der Waals surface area (Å²) in [6.45, 7) is 2.23. The number of hydrogen-bond donors (Lipinski definition) is 2. The van der Waals surface area contributed by atoms with Crippen LogP contribution in [0, 0.1) is 0 Å². The summed E-state index contributed by atoms with van der Waals surface area (Å²) in [5.41, 5.74) is 0. The van der Waals surface area contributed by atoms with Crippen LogP contribution in [0.4, 0.5) is 0 Å². The molecule has 0 saturated heterocycles. The predicted octanol–water partition coefficient (Wildman–Crippen LogP) is 0.682. The zero-order valence-electron chi connectivity index (χ0n) is 11.5. The van der Waals surface area contributed by atoms with E-state index in [0.29, 0.717) is 13.1 Å². The number of furan rings is 1. The van der Waals surface area contributed by atoms with Crippen LogP contribution in [-0.4, -0.2) is 27.8 Å². The molecular weight excluding hydrogens is 256 g/mol. The third kappa shape index (κ3) is 2.66. The van der Waals surface area contributed by atoms with Gasteiger partial charge in [-0.2, -0.15) is 0 Å². The van der Waals surface area contributed by atoms with Crippen molar-refractivity contribution >= 4 is 5.96 Å². The fraction of sp³-hybridized carbons (Fsp3) is 0.462. The van der Waals surface area contributed by atoms with Gasteiger partial charge in [0.2, 0.25) is 0 Å². The number of aryl methyl sites for hydroxylation is 1. The first-order chi connectivity index (χ1) is 9.86. The third-order valence-corrected chi connectivity index (χ3v) is 3.33. The van der Waals surface area contributed by atoms with Crippen molar-refractivity contribution in [3.8, 4) is 0 Å². The first-order valence-corrected chi connectivity index (χ1v) is 6.74. The molecule has 2 aromatic rings. The number of fused-ring (bicyclic) bond motifs is 1. The monoisotopic (exact) mass is 274 g/mol. The van der Waals surface area contributed by atoms with Gasteiger partial charge in [-0.1, -0.05) is 0 Å². The Labute approximate surface area is 117 Å². The smallest absolute Gasteiger partial charge is 0.191 e. The fourth-order valence-electron chi connectivity index (χ4n) is 2.31. The van der Waals surface area contributed by atoms with E-state index in [4.69, 9.17) is 4.42 Å². The molecule has 0 radical (unpaired) electrons. The lowest BCUT2D eigenvalue weighted by Crippen LogP contribution is -2.36. The van der Waals surface area contributed by atoms with Gasteiger partial charge in [0.25, 0.3) is 0 Å². The van der Waals surface area contributed by atoms with E-state index in [0.717, 1.165) is 42.8 Å². The van der Waals surface area contributed by atoms with E-state index in [1.165, 1.54) is 0 Å². The number of nitrogens with one attached hydrogen (secondary N) is 2. The summed E-state index contributed by atoms with van der Waals surface area (Å²) in [6.07, 6.45) is 3.84. The molecule has 7 nitrogen and oxygen atoms in total. The average molecular weight is 274 g/mol. The van der Waals surface area contributed by atoms with Gasteiger partial charge in [-0.05, 0) is 18.6 Å². The number of rotatable bonds is 4. The van der Waals surface area contributed by atoms with Crippen LogP contribution in [0.3, 0.4) is 0 Å². The van der Waals surface area contributed by atoms with Crippen molar-refractivity contribution in [2.75, 3.05) is 7.05 Å². The lowest BCUT2D eigenvalue weighted by atomic mass is 10.4. The Morgan fingerprint density at radius 3 is 3.10 bits per heavy atom. The lowest BCUT2D eigenvalue weighted by Gasteiger charge is -2.10. The summed E-state index contributed by atoms with van der Waals surface area (Å²) in [6, 6.07) is 3.79. The highest BCUT2D eigenvalue weighted by Gasteiger charge is 2.16. The SMILES string of the molecule is CN=C(NCc1ccco1)NCc1nnc2n1CCC2. The van der Waals surface area contributed by atoms with Crippen LogP contribution in [0.5, 0.6) is 0 Å². The van der Waals surface area contributed by atoms with Gasteiger partial charge in [0.1, 0.15) is 11.6 Å². The molecule has 0 bridgehead atoms. The molecule has 0 fully saturated rings. The minimum atomic E-state index is 0.602. The van der Waals surface area contributed by atoms with Crippen molar-refractivity contribution in [2.24, 2.45) is 4.99 Å². The predicted molar refractivity (Wildman–Crippen MR) is 74.1 cm³/mol. The molecular formula is C13H18N6O. The summed E-state index contributed by atoms with van der Waals surface area (Å²) in [7, 11) is 1.74. The molecule has 0 unspecified atom stereocenters. The highest BCUT2D eigenvalue weighted by Crippen LogP contribution is 2.13. The van der Waals surface area contributed by atoms with Crippen LogP contribution >= 0.6 is 0 Å². The summed E-state index contributed by atoms with van der Waals surface area (Å²) >= 11 is 0. The van der Waals surface area contributed by atoms with Crippen LogP contribution in [0.15, 0.2) is 27.8 Å². The highest BCUT2D eigenvalue weighted by atomic mass is 16.3. The van der Waals surface area contributed by atoms with E-state index in [2.05, 4.69) is 30.4 Å². The zero-order chi connectivity index (χ0) is 13.8. The molecule has 0 spiro atoms. The molecule has 1 aliphatic rings. The third-order valence-electron chi connectivity index (χ3n) is 3.33. The summed E-state index contributed by atoms with van der Waals surface area (Å²) in [5, 5.41) is 14.8. The van der Waals surface area contributed by atoms with Crippen LogP contribution in [0.25, 0.3) is 0 Å². The van der Waals surface area contributed by atoms with Gasteiger partial charge in [0, 0.05) is 20.0 Å². The van der Waals surface area contributed by atoms with E-state index in [1.54, 1.807) is 13.3 Å². The number of nitrogens with zero attached hydrogens (tertiary/aromatic N) is 4. The molecule has 106 valence electrons. The van der Waals surface area contributed by atoms with Gasteiger partial charge in [-0.3, -0.25) is 4.99 Å². The standard InChI is InChI=1S/C13H18N6O/c1-14-13(15-8-10-4-3-7-20-10)16-9-12-18-17-11-5-2-6-19(11)12/h3-4,7H,2,5-6,8-9H2,1H3,(H2,14,15,16). The summed E-state index contributed by atoms with van der Waals surface area (Å²) in [5.74, 6) is 3.63. The second kappa shape index (κ2) is 5.77. The molecule has 1 aliphatic heterocycles. The molecule has 0 aromatic carbocycles. The van der Waals surface area contributed by atoms with E-state index in [9.17, 15) is 0 Å². The summed E-state index contributed by atoms with van der Waals surface area (Å²) < 4.78 is 7.44. The van der Waals surface area contributed by atoms with E-state index >= 15 is 0 Å². The normalized spacial score (nSPS) is 14.3. The molecule has 0 aliphatic carbocycles. The first-order valence-electron chi connectivity index (χ1n) is 6.74. The van der Waals surface area contributed by atoms with Crippen molar-refractivity contribution in [3.63, 3.8) is 0 Å². The van der Waals surface area contributed by atoms with Crippen molar-refractivity contribution < 1.29 is 4.42 Å². The van der Waals surface area contributed by atoms with Crippen LogP contribution in [0.2, 0.25) is 0 Å². The number of hydrogen-bond acceptors (Lipinski definition) is 4. The highest BCUT2D eigenvalue weighted by molar-refractivity contribution is 5.79. The molecule has 0 saturated carbocycles. The Balaban J connectivity index is 1.53. The maximum Gasteiger partial charge on any atom is 0.191 e.